The number of hydrogen-bond acceptors (Lipinski definition) is 4. The summed E-state index contributed by atoms with van der Waals surface area (Å²) in [4.78, 5) is 27.4. The van der Waals surface area contributed by atoms with Gasteiger partial charge >= 0.3 is 0 Å². The molecule has 4 N–H and O–H groups in total. The first-order valence-corrected chi connectivity index (χ1v) is 10.1. The number of anilines is 2. The molecule has 2 amide bonds. The van der Waals surface area contributed by atoms with Gasteiger partial charge in [0, 0.05) is 11.4 Å². The molecule has 6 nitrogen and oxygen atoms in total. The van der Waals surface area contributed by atoms with Crippen molar-refractivity contribution in [2.75, 3.05) is 30.3 Å². The van der Waals surface area contributed by atoms with Crippen molar-refractivity contribution >= 4 is 23.2 Å². The first-order valence-electron chi connectivity index (χ1n) is 10.1. The third-order valence-corrected chi connectivity index (χ3v) is 5.43. The molecule has 2 aromatic carbocycles. The van der Waals surface area contributed by atoms with Gasteiger partial charge in [0.2, 0.25) is 11.8 Å². The highest BCUT2D eigenvalue weighted by atomic mass is 16.2. The Morgan fingerprint density at radius 1 is 1.03 bits per heavy atom. The molecule has 0 spiro atoms. The summed E-state index contributed by atoms with van der Waals surface area (Å²) in [5.74, 6) is -0.343. The van der Waals surface area contributed by atoms with E-state index in [9.17, 15) is 9.59 Å². The summed E-state index contributed by atoms with van der Waals surface area (Å²) in [6.07, 6.45) is 3.53. The summed E-state index contributed by atoms with van der Waals surface area (Å²) in [5, 5.41) is 5.86. The minimum Gasteiger partial charge on any atom is -0.325 e. The number of aryl methyl sites for hydroxylation is 1. The van der Waals surface area contributed by atoms with Crippen molar-refractivity contribution in [3.8, 4) is 0 Å². The molecule has 154 valence electrons. The Bertz CT molecular complexity index is 858. The number of likely N-dealkylation sites (tertiary alicyclic amines) is 1. The van der Waals surface area contributed by atoms with Gasteiger partial charge in [0.1, 0.15) is 5.54 Å². The second-order valence-electron chi connectivity index (χ2n) is 7.94. The van der Waals surface area contributed by atoms with Crippen molar-refractivity contribution in [3.63, 3.8) is 0 Å². The predicted octanol–water partition coefficient (Wildman–Crippen LogP) is 3.23. The van der Waals surface area contributed by atoms with Gasteiger partial charge in [-0.15, -0.1) is 0 Å². The van der Waals surface area contributed by atoms with E-state index < -0.39 is 5.54 Å². The van der Waals surface area contributed by atoms with E-state index in [0.717, 1.165) is 37.1 Å². The van der Waals surface area contributed by atoms with E-state index >= 15 is 0 Å². The summed E-state index contributed by atoms with van der Waals surface area (Å²) in [6.45, 7) is 5.95. The zero-order valence-corrected chi connectivity index (χ0v) is 17.2. The van der Waals surface area contributed by atoms with Crippen LogP contribution in [0.15, 0.2) is 48.5 Å². The fourth-order valence-corrected chi connectivity index (χ4v) is 3.52. The maximum Gasteiger partial charge on any atom is 0.248 e. The smallest absolute Gasteiger partial charge is 0.248 e. The molecule has 0 radical (unpaired) electrons. The number of piperidine rings is 1. The van der Waals surface area contributed by atoms with E-state index in [4.69, 9.17) is 5.73 Å². The van der Waals surface area contributed by atoms with Crippen LogP contribution in [0.5, 0.6) is 0 Å². The number of carbonyl (C=O) groups is 2. The topological polar surface area (TPSA) is 87.5 Å². The lowest BCUT2D eigenvalue weighted by Gasteiger charge is -2.26. The molecule has 0 bridgehead atoms. The molecule has 29 heavy (non-hydrogen) atoms. The lowest BCUT2D eigenvalue weighted by Crippen LogP contribution is -2.45. The van der Waals surface area contributed by atoms with Crippen LogP contribution in [-0.2, 0) is 15.1 Å². The molecule has 0 aromatic heterocycles. The molecule has 1 atom stereocenters. The number of hydrogen-bond donors (Lipinski definition) is 3. The van der Waals surface area contributed by atoms with Gasteiger partial charge < -0.3 is 16.4 Å². The molecule has 1 aliphatic heterocycles. The summed E-state index contributed by atoms with van der Waals surface area (Å²) < 4.78 is 0. The second-order valence-corrected chi connectivity index (χ2v) is 7.94. The third-order valence-electron chi connectivity index (χ3n) is 5.43. The molecular formula is C23H30N4O2. The van der Waals surface area contributed by atoms with Gasteiger partial charge in [-0.25, -0.2) is 0 Å². The molecule has 1 unspecified atom stereocenters. The maximum atomic E-state index is 12.8. The highest BCUT2D eigenvalue weighted by molar-refractivity contribution is 5.99. The Balaban J connectivity index is 1.66. The van der Waals surface area contributed by atoms with Crippen molar-refractivity contribution in [2.45, 2.75) is 38.6 Å². The lowest BCUT2D eigenvalue weighted by molar-refractivity contribution is -0.121. The van der Waals surface area contributed by atoms with E-state index in [2.05, 4.69) is 15.5 Å². The van der Waals surface area contributed by atoms with Crippen LogP contribution < -0.4 is 16.4 Å². The summed E-state index contributed by atoms with van der Waals surface area (Å²) >= 11 is 0. The van der Waals surface area contributed by atoms with Crippen molar-refractivity contribution in [1.82, 2.24) is 4.90 Å². The highest BCUT2D eigenvalue weighted by Crippen LogP contribution is 2.24. The number of nitrogens with one attached hydrogen (secondary N) is 2. The quantitative estimate of drug-likeness (QED) is 0.702. The van der Waals surface area contributed by atoms with Crippen LogP contribution in [-0.4, -0.2) is 36.3 Å². The first-order chi connectivity index (χ1) is 13.9. The number of amides is 2. The number of nitrogens with two attached hydrogens (primary N) is 1. The molecule has 0 aliphatic carbocycles. The summed E-state index contributed by atoms with van der Waals surface area (Å²) in [6, 6.07) is 14.7. The average molecular weight is 395 g/mol. The molecule has 3 rings (SSSR count). The van der Waals surface area contributed by atoms with Crippen LogP contribution >= 0.6 is 0 Å². The normalized spacial score (nSPS) is 16.7. The third kappa shape index (κ3) is 5.43. The van der Waals surface area contributed by atoms with Crippen LogP contribution in [0.3, 0.4) is 0 Å². The second kappa shape index (κ2) is 9.20. The van der Waals surface area contributed by atoms with E-state index in [1.165, 1.54) is 6.42 Å². The summed E-state index contributed by atoms with van der Waals surface area (Å²) in [5.41, 5.74) is 8.10. The molecule has 2 aromatic rings. The van der Waals surface area contributed by atoms with Crippen molar-refractivity contribution in [1.29, 1.82) is 0 Å². The molecule has 1 saturated heterocycles. The lowest BCUT2D eigenvalue weighted by atomic mass is 9.92. The van der Waals surface area contributed by atoms with E-state index in [0.29, 0.717) is 17.9 Å². The highest BCUT2D eigenvalue weighted by Gasteiger charge is 2.30. The summed E-state index contributed by atoms with van der Waals surface area (Å²) in [7, 11) is 0. The van der Waals surface area contributed by atoms with E-state index in [1.54, 1.807) is 13.0 Å². The Kier molecular flexibility index (Phi) is 6.67. The molecule has 6 heteroatoms. The maximum absolute atomic E-state index is 12.8. The largest absolute Gasteiger partial charge is 0.325 e. The fraction of sp³-hybridized carbons (Fsp3) is 0.391. The number of benzene rings is 2. The van der Waals surface area contributed by atoms with Gasteiger partial charge in [0.15, 0.2) is 0 Å². The fourth-order valence-electron chi connectivity index (χ4n) is 3.52. The van der Waals surface area contributed by atoms with Crippen LogP contribution in [0.4, 0.5) is 11.4 Å². The van der Waals surface area contributed by atoms with Gasteiger partial charge in [-0.05, 0) is 63.0 Å². The van der Waals surface area contributed by atoms with Gasteiger partial charge in [-0.2, -0.15) is 0 Å². The van der Waals surface area contributed by atoms with Gasteiger partial charge in [-0.1, -0.05) is 42.8 Å². The average Bonchev–Trinajstić information content (AvgIpc) is 2.71. The molecule has 1 heterocycles. The van der Waals surface area contributed by atoms with Crippen LogP contribution in [0.25, 0.3) is 0 Å². The van der Waals surface area contributed by atoms with Gasteiger partial charge in [-0.3, -0.25) is 14.5 Å². The van der Waals surface area contributed by atoms with E-state index in [-0.39, 0.29) is 11.8 Å². The Morgan fingerprint density at radius 3 is 2.41 bits per heavy atom. The SMILES string of the molecule is Cc1ccc(NC(=O)C(C)(N)c2ccccc2)cc1NC(=O)CN1CCCCC1. The standard InChI is InChI=1S/C23H30N4O2/c1-17-11-12-19(25-22(29)23(2,24)18-9-5-3-6-10-18)15-20(17)26-21(28)16-27-13-7-4-8-14-27/h3,5-6,9-12,15H,4,7-8,13-14,16,24H2,1-2H3,(H,25,29)(H,26,28). The van der Waals surface area contributed by atoms with Crippen molar-refractivity contribution in [2.24, 2.45) is 5.73 Å². The molecule has 1 aliphatic rings. The monoisotopic (exact) mass is 394 g/mol. The Hall–Kier alpha value is -2.70. The molecule has 1 fully saturated rings. The van der Waals surface area contributed by atoms with Crippen LogP contribution in [0.2, 0.25) is 0 Å². The molecular weight excluding hydrogens is 364 g/mol. The van der Waals surface area contributed by atoms with Crippen molar-refractivity contribution in [3.05, 3.63) is 59.7 Å². The first kappa shape index (κ1) is 21.0. The minimum absolute atomic E-state index is 0.0357. The number of carbonyl (C=O) groups excluding carboxylic acids is 2. The predicted molar refractivity (Wildman–Crippen MR) is 117 cm³/mol. The zero-order chi connectivity index (χ0) is 20.9. The van der Waals surface area contributed by atoms with Gasteiger partial charge in [0.05, 0.1) is 6.54 Å². The van der Waals surface area contributed by atoms with Crippen LogP contribution in [0, 0.1) is 6.92 Å². The van der Waals surface area contributed by atoms with Crippen LogP contribution in [0.1, 0.15) is 37.3 Å². The van der Waals surface area contributed by atoms with Gasteiger partial charge in [0.25, 0.3) is 0 Å². The molecule has 0 saturated carbocycles. The zero-order valence-electron chi connectivity index (χ0n) is 17.2. The Morgan fingerprint density at radius 2 is 1.72 bits per heavy atom. The van der Waals surface area contributed by atoms with E-state index in [1.807, 2.05) is 49.4 Å². The number of nitrogens with zero attached hydrogens (tertiary/aromatic N) is 1. The van der Waals surface area contributed by atoms with Crippen molar-refractivity contribution < 1.29 is 9.59 Å². The number of rotatable bonds is 6. The minimum atomic E-state index is -1.16. The Labute approximate surface area is 172 Å².